The zero-order valence-electron chi connectivity index (χ0n) is 17.3. The average molecular weight is 412 g/mol. The fourth-order valence-corrected chi connectivity index (χ4v) is 4.89. The van der Waals surface area contributed by atoms with Crippen LogP contribution in [0.2, 0.25) is 0 Å². The Morgan fingerprint density at radius 1 is 0.531 bits per heavy atom. The highest BCUT2D eigenvalue weighted by Gasteiger charge is 2.26. The number of hydrogen-bond donors (Lipinski definition) is 1. The summed E-state index contributed by atoms with van der Waals surface area (Å²) in [4.78, 5) is 14.0. The molecule has 0 aliphatic carbocycles. The van der Waals surface area contributed by atoms with E-state index in [1.165, 1.54) is 0 Å². The first-order valence-electron chi connectivity index (χ1n) is 10.8. The van der Waals surface area contributed by atoms with Gasteiger partial charge in [-0.2, -0.15) is 0 Å². The van der Waals surface area contributed by atoms with Gasteiger partial charge < -0.3 is 5.11 Å². The first-order chi connectivity index (χ1) is 15.7. The molecule has 1 N–H and O–H groups in total. The standard InChI is InChI=1S/C30H20O2/c31-29(27-23-13-5-1-9-19(23)17-20-10-2-6-14-24(20)27)30(32)28-25-15-7-3-11-21(25)18-22-12-4-8-16-26(22)28/h1-18,29,31H. The van der Waals surface area contributed by atoms with Crippen molar-refractivity contribution in [3.8, 4) is 0 Å². The molecule has 6 rings (SSSR count). The lowest BCUT2D eigenvalue weighted by atomic mass is 9.87. The number of Topliss-reactive ketones (excluding diaryl/α,β-unsaturated/α-hetero) is 1. The molecule has 1 atom stereocenters. The van der Waals surface area contributed by atoms with E-state index in [-0.39, 0.29) is 5.78 Å². The second-order valence-electron chi connectivity index (χ2n) is 8.19. The van der Waals surface area contributed by atoms with Gasteiger partial charge in [-0.25, -0.2) is 0 Å². The Kier molecular flexibility index (Phi) is 4.27. The van der Waals surface area contributed by atoms with Crippen LogP contribution in [-0.4, -0.2) is 10.9 Å². The lowest BCUT2D eigenvalue weighted by molar-refractivity contribution is 0.0756. The molecule has 0 saturated carbocycles. The lowest BCUT2D eigenvalue weighted by Gasteiger charge is -2.18. The highest BCUT2D eigenvalue weighted by Crippen LogP contribution is 2.37. The summed E-state index contributed by atoms with van der Waals surface area (Å²) < 4.78 is 0. The van der Waals surface area contributed by atoms with Gasteiger partial charge in [-0.3, -0.25) is 4.79 Å². The Balaban J connectivity index is 1.66. The van der Waals surface area contributed by atoms with Crippen molar-refractivity contribution in [1.29, 1.82) is 0 Å². The molecule has 0 saturated heterocycles. The largest absolute Gasteiger partial charge is 0.380 e. The van der Waals surface area contributed by atoms with Gasteiger partial charge >= 0.3 is 0 Å². The quantitative estimate of drug-likeness (QED) is 0.246. The molecule has 0 aliphatic rings. The average Bonchev–Trinajstić information content (AvgIpc) is 2.85. The molecule has 1 unspecified atom stereocenters. The summed E-state index contributed by atoms with van der Waals surface area (Å²) in [6.45, 7) is 0. The molecule has 32 heavy (non-hydrogen) atoms. The molecule has 6 aromatic rings. The highest BCUT2D eigenvalue weighted by atomic mass is 16.3. The molecule has 0 heterocycles. The van der Waals surface area contributed by atoms with Crippen LogP contribution in [0.5, 0.6) is 0 Å². The van der Waals surface area contributed by atoms with Gasteiger partial charge in [0.1, 0.15) is 6.10 Å². The molecule has 152 valence electrons. The fraction of sp³-hybridized carbons (Fsp3) is 0.0333. The van der Waals surface area contributed by atoms with Gasteiger partial charge in [0.15, 0.2) is 5.78 Å². The second kappa shape index (κ2) is 7.30. The summed E-state index contributed by atoms with van der Waals surface area (Å²) in [5, 5.41) is 19.1. The Hall–Kier alpha value is -4.01. The van der Waals surface area contributed by atoms with Crippen molar-refractivity contribution in [1.82, 2.24) is 0 Å². The highest BCUT2D eigenvalue weighted by molar-refractivity contribution is 6.21. The van der Waals surface area contributed by atoms with Crippen molar-refractivity contribution in [2.24, 2.45) is 0 Å². The summed E-state index contributed by atoms with van der Waals surface area (Å²) in [5.41, 5.74) is 1.24. The predicted molar refractivity (Wildman–Crippen MR) is 132 cm³/mol. The molecule has 2 nitrogen and oxygen atoms in total. The van der Waals surface area contributed by atoms with Crippen molar-refractivity contribution in [3.63, 3.8) is 0 Å². The van der Waals surface area contributed by atoms with Gasteiger partial charge in [0.2, 0.25) is 0 Å². The summed E-state index contributed by atoms with van der Waals surface area (Å²) in [7, 11) is 0. The van der Waals surface area contributed by atoms with Gasteiger partial charge in [0, 0.05) is 11.1 Å². The van der Waals surface area contributed by atoms with E-state index in [0.29, 0.717) is 11.1 Å². The van der Waals surface area contributed by atoms with Gasteiger partial charge in [-0.1, -0.05) is 97.1 Å². The maximum Gasteiger partial charge on any atom is 0.197 e. The van der Waals surface area contributed by atoms with Crippen LogP contribution in [-0.2, 0) is 0 Å². The summed E-state index contributed by atoms with van der Waals surface area (Å²) >= 11 is 0. The molecular weight excluding hydrogens is 392 g/mol. The van der Waals surface area contributed by atoms with Gasteiger partial charge in [0.05, 0.1) is 0 Å². The molecule has 6 aromatic carbocycles. The molecule has 0 aromatic heterocycles. The number of carbonyl (C=O) groups excluding carboxylic acids is 1. The zero-order valence-corrected chi connectivity index (χ0v) is 17.3. The minimum atomic E-state index is -1.28. The van der Waals surface area contributed by atoms with Crippen molar-refractivity contribution in [2.75, 3.05) is 0 Å². The minimum absolute atomic E-state index is 0.278. The van der Waals surface area contributed by atoms with E-state index in [9.17, 15) is 9.90 Å². The minimum Gasteiger partial charge on any atom is -0.380 e. The first-order valence-corrected chi connectivity index (χ1v) is 10.8. The van der Waals surface area contributed by atoms with Crippen LogP contribution in [0.1, 0.15) is 22.0 Å². The Morgan fingerprint density at radius 3 is 1.31 bits per heavy atom. The van der Waals surface area contributed by atoms with Crippen LogP contribution >= 0.6 is 0 Å². The maximum atomic E-state index is 14.0. The number of aliphatic hydroxyl groups is 1. The zero-order chi connectivity index (χ0) is 21.7. The van der Waals surface area contributed by atoms with Crippen molar-refractivity contribution >= 4 is 48.9 Å². The van der Waals surface area contributed by atoms with Gasteiger partial charge in [-0.15, -0.1) is 0 Å². The smallest absolute Gasteiger partial charge is 0.197 e. The van der Waals surface area contributed by atoms with Crippen LogP contribution < -0.4 is 0 Å². The van der Waals surface area contributed by atoms with E-state index >= 15 is 0 Å². The second-order valence-corrected chi connectivity index (χ2v) is 8.19. The van der Waals surface area contributed by atoms with E-state index in [4.69, 9.17) is 0 Å². The number of benzene rings is 6. The summed E-state index contributed by atoms with van der Waals surface area (Å²) in [5.74, 6) is -0.278. The van der Waals surface area contributed by atoms with Crippen molar-refractivity contribution in [2.45, 2.75) is 6.10 Å². The van der Waals surface area contributed by atoms with E-state index in [0.717, 1.165) is 43.1 Å². The molecule has 0 aliphatic heterocycles. The monoisotopic (exact) mass is 412 g/mol. The number of hydrogen-bond acceptors (Lipinski definition) is 2. The topological polar surface area (TPSA) is 37.3 Å². The third kappa shape index (κ3) is 2.81. The van der Waals surface area contributed by atoms with Crippen molar-refractivity contribution in [3.05, 3.63) is 120 Å². The van der Waals surface area contributed by atoms with Crippen LogP contribution in [0.15, 0.2) is 109 Å². The fourth-order valence-electron chi connectivity index (χ4n) is 4.89. The van der Waals surface area contributed by atoms with E-state index < -0.39 is 6.10 Å². The number of carbonyl (C=O) groups is 1. The SMILES string of the molecule is O=C(c1c2ccccc2cc2ccccc12)C(O)c1c2ccccc2cc2ccccc12. The molecule has 0 radical (unpaired) electrons. The molecular formula is C30H20O2. The normalized spacial score (nSPS) is 12.5. The Bertz CT molecular complexity index is 1550. The summed E-state index contributed by atoms with van der Waals surface area (Å²) in [6.07, 6.45) is -1.28. The predicted octanol–water partition coefficient (Wildman–Crippen LogP) is 7.22. The molecule has 0 fully saturated rings. The molecule has 0 amide bonds. The van der Waals surface area contributed by atoms with Crippen LogP contribution in [0.25, 0.3) is 43.1 Å². The van der Waals surface area contributed by atoms with Crippen molar-refractivity contribution < 1.29 is 9.90 Å². The third-order valence-electron chi connectivity index (χ3n) is 6.35. The third-order valence-corrected chi connectivity index (χ3v) is 6.35. The first kappa shape index (κ1) is 18.7. The van der Waals surface area contributed by atoms with Crippen LogP contribution in [0.3, 0.4) is 0 Å². The molecule has 2 heteroatoms. The van der Waals surface area contributed by atoms with E-state index in [1.54, 1.807) is 0 Å². The Labute approximate surface area is 185 Å². The Morgan fingerprint density at radius 2 is 0.875 bits per heavy atom. The van der Waals surface area contributed by atoms with E-state index in [2.05, 4.69) is 12.1 Å². The summed E-state index contributed by atoms with van der Waals surface area (Å²) in [6, 6.07) is 35.8. The lowest BCUT2D eigenvalue weighted by Crippen LogP contribution is -2.14. The number of ketones is 1. The number of aliphatic hydroxyl groups excluding tert-OH is 1. The number of rotatable bonds is 3. The molecule has 0 spiro atoms. The van der Waals surface area contributed by atoms with Gasteiger partial charge in [0.25, 0.3) is 0 Å². The van der Waals surface area contributed by atoms with Gasteiger partial charge in [-0.05, 0) is 55.2 Å². The van der Waals surface area contributed by atoms with Crippen LogP contribution in [0.4, 0.5) is 0 Å². The maximum absolute atomic E-state index is 14.0. The van der Waals surface area contributed by atoms with E-state index in [1.807, 2.05) is 97.1 Å². The number of fused-ring (bicyclic) bond motifs is 4. The van der Waals surface area contributed by atoms with Crippen LogP contribution in [0, 0.1) is 0 Å². The molecule has 0 bridgehead atoms.